The van der Waals surface area contributed by atoms with Crippen molar-refractivity contribution >= 4 is 23.6 Å². The maximum atomic E-state index is 12.7. The van der Waals surface area contributed by atoms with E-state index in [0.29, 0.717) is 37.5 Å². The molecule has 1 aliphatic heterocycles. The quantitative estimate of drug-likeness (QED) is 0.813. The van der Waals surface area contributed by atoms with E-state index in [4.69, 9.17) is 16.3 Å². The van der Waals surface area contributed by atoms with E-state index in [1.807, 2.05) is 52.1 Å². The number of likely N-dealkylation sites (tertiary alicyclic amines) is 1. The van der Waals surface area contributed by atoms with Gasteiger partial charge in [-0.1, -0.05) is 23.7 Å². The van der Waals surface area contributed by atoms with Crippen LogP contribution in [0.1, 0.15) is 39.2 Å². The predicted molar refractivity (Wildman–Crippen MR) is 98.5 cm³/mol. The number of halogens is 1. The molecule has 0 aromatic heterocycles. The van der Waals surface area contributed by atoms with E-state index in [0.717, 1.165) is 5.56 Å². The molecule has 25 heavy (non-hydrogen) atoms. The largest absolute Gasteiger partial charge is 0.444 e. The SMILES string of the molecule is CN(Cc1cccc(Cl)c1)C(=O)C1CCN(C(=O)OC(C)(C)C)CC1. The molecule has 0 saturated carbocycles. The van der Waals surface area contributed by atoms with Gasteiger partial charge in [0.2, 0.25) is 5.91 Å². The zero-order valence-electron chi connectivity index (χ0n) is 15.4. The molecule has 1 heterocycles. The first-order valence-electron chi connectivity index (χ1n) is 8.63. The Kier molecular flexibility index (Phi) is 6.33. The maximum absolute atomic E-state index is 12.7. The molecule has 0 N–H and O–H groups in total. The summed E-state index contributed by atoms with van der Waals surface area (Å²) >= 11 is 6.00. The van der Waals surface area contributed by atoms with Crippen molar-refractivity contribution in [3.8, 4) is 0 Å². The van der Waals surface area contributed by atoms with Crippen LogP contribution in [0.3, 0.4) is 0 Å². The summed E-state index contributed by atoms with van der Waals surface area (Å²) in [5, 5.41) is 0.670. The van der Waals surface area contributed by atoms with Crippen molar-refractivity contribution in [3.05, 3.63) is 34.9 Å². The van der Waals surface area contributed by atoms with Gasteiger partial charge in [0, 0.05) is 37.6 Å². The summed E-state index contributed by atoms with van der Waals surface area (Å²) in [5.74, 6) is 0.0617. The Labute approximate surface area is 154 Å². The normalized spacial score (nSPS) is 15.8. The minimum absolute atomic E-state index is 0.0529. The number of amides is 2. The number of piperidine rings is 1. The van der Waals surface area contributed by atoms with Gasteiger partial charge in [-0.2, -0.15) is 0 Å². The van der Waals surface area contributed by atoms with Crippen LogP contribution < -0.4 is 0 Å². The van der Waals surface area contributed by atoms with Crippen molar-refractivity contribution in [2.24, 2.45) is 5.92 Å². The number of rotatable bonds is 3. The molecular formula is C19H27ClN2O3. The summed E-state index contributed by atoms with van der Waals surface area (Å²) in [7, 11) is 1.81. The third-order valence-corrected chi connectivity index (χ3v) is 4.42. The summed E-state index contributed by atoms with van der Waals surface area (Å²) < 4.78 is 5.39. The number of nitrogens with zero attached hydrogens (tertiary/aromatic N) is 2. The molecule has 0 bridgehead atoms. The number of ether oxygens (including phenoxy) is 1. The lowest BCUT2D eigenvalue weighted by Gasteiger charge is -2.34. The van der Waals surface area contributed by atoms with Gasteiger partial charge < -0.3 is 14.5 Å². The van der Waals surface area contributed by atoms with Crippen LogP contribution in [0, 0.1) is 5.92 Å². The Morgan fingerprint density at radius 1 is 1.28 bits per heavy atom. The summed E-state index contributed by atoms with van der Waals surface area (Å²) in [6.45, 7) is 7.20. The highest BCUT2D eigenvalue weighted by atomic mass is 35.5. The zero-order valence-corrected chi connectivity index (χ0v) is 16.2. The van der Waals surface area contributed by atoms with Gasteiger partial charge in [0.1, 0.15) is 5.60 Å². The summed E-state index contributed by atoms with van der Waals surface area (Å²) in [6, 6.07) is 7.53. The van der Waals surface area contributed by atoms with E-state index < -0.39 is 5.60 Å². The van der Waals surface area contributed by atoms with E-state index in [1.165, 1.54) is 0 Å². The molecule has 0 aliphatic carbocycles. The molecule has 0 unspecified atom stereocenters. The lowest BCUT2D eigenvalue weighted by atomic mass is 9.95. The fraction of sp³-hybridized carbons (Fsp3) is 0.579. The van der Waals surface area contributed by atoms with Crippen molar-refractivity contribution in [2.75, 3.05) is 20.1 Å². The van der Waals surface area contributed by atoms with Gasteiger partial charge in [0.25, 0.3) is 0 Å². The Hall–Kier alpha value is -1.75. The van der Waals surface area contributed by atoms with Crippen LogP contribution in [0.25, 0.3) is 0 Å². The van der Waals surface area contributed by atoms with E-state index in [1.54, 1.807) is 9.80 Å². The third kappa shape index (κ3) is 5.92. The number of carbonyl (C=O) groups excluding carboxylic acids is 2. The Balaban J connectivity index is 1.85. The number of carbonyl (C=O) groups is 2. The summed E-state index contributed by atoms with van der Waals surface area (Å²) in [4.78, 5) is 28.2. The first-order chi connectivity index (χ1) is 11.7. The second-order valence-electron chi connectivity index (χ2n) is 7.57. The molecule has 0 atom stereocenters. The molecular weight excluding hydrogens is 340 g/mol. The summed E-state index contributed by atoms with van der Waals surface area (Å²) in [6.07, 6.45) is 1.03. The highest BCUT2D eigenvalue weighted by Crippen LogP contribution is 2.22. The standard InChI is InChI=1S/C19H27ClN2O3/c1-19(2,3)25-18(24)22-10-8-15(9-11-22)17(23)21(4)13-14-6-5-7-16(20)12-14/h5-7,12,15H,8-11,13H2,1-4H3. The molecule has 5 nitrogen and oxygen atoms in total. The predicted octanol–water partition coefficient (Wildman–Crippen LogP) is 3.95. The lowest BCUT2D eigenvalue weighted by Crippen LogP contribution is -2.45. The van der Waals surface area contributed by atoms with E-state index in [2.05, 4.69) is 0 Å². The highest BCUT2D eigenvalue weighted by Gasteiger charge is 2.31. The molecule has 1 saturated heterocycles. The van der Waals surface area contributed by atoms with Crippen molar-refractivity contribution < 1.29 is 14.3 Å². The average molecular weight is 367 g/mol. The van der Waals surface area contributed by atoms with Gasteiger partial charge in [-0.25, -0.2) is 4.79 Å². The van der Waals surface area contributed by atoms with Crippen LogP contribution in [0.2, 0.25) is 5.02 Å². The summed E-state index contributed by atoms with van der Waals surface area (Å²) in [5.41, 5.74) is 0.510. The van der Waals surface area contributed by atoms with E-state index in [-0.39, 0.29) is 17.9 Å². The van der Waals surface area contributed by atoms with Crippen molar-refractivity contribution in [2.45, 2.75) is 45.8 Å². The van der Waals surface area contributed by atoms with Gasteiger partial charge in [-0.3, -0.25) is 4.79 Å². The second kappa shape index (κ2) is 8.09. The maximum Gasteiger partial charge on any atom is 0.410 e. The van der Waals surface area contributed by atoms with Crippen molar-refractivity contribution in [1.29, 1.82) is 0 Å². The third-order valence-electron chi connectivity index (χ3n) is 4.18. The Morgan fingerprint density at radius 3 is 2.48 bits per heavy atom. The van der Waals surface area contributed by atoms with Gasteiger partial charge >= 0.3 is 6.09 Å². The molecule has 6 heteroatoms. The molecule has 138 valence electrons. The molecule has 0 spiro atoms. The number of benzene rings is 1. The minimum Gasteiger partial charge on any atom is -0.444 e. The second-order valence-corrected chi connectivity index (χ2v) is 8.00. The highest BCUT2D eigenvalue weighted by molar-refractivity contribution is 6.30. The first kappa shape index (κ1) is 19.6. The smallest absolute Gasteiger partial charge is 0.410 e. The fourth-order valence-corrected chi connectivity index (χ4v) is 3.15. The number of hydrogen-bond donors (Lipinski definition) is 0. The molecule has 1 fully saturated rings. The van der Waals surface area contributed by atoms with Crippen LogP contribution in [-0.2, 0) is 16.1 Å². The van der Waals surface area contributed by atoms with E-state index in [9.17, 15) is 9.59 Å². The number of hydrogen-bond acceptors (Lipinski definition) is 3. The van der Waals surface area contributed by atoms with Crippen LogP contribution >= 0.6 is 11.6 Å². The molecule has 2 rings (SSSR count). The van der Waals surface area contributed by atoms with Gasteiger partial charge in [0.15, 0.2) is 0 Å². The van der Waals surface area contributed by atoms with Crippen molar-refractivity contribution in [3.63, 3.8) is 0 Å². The topological polar surface area (TPSA) is 49.9 Å². The van der Waals surface area contributed by atoms with Gasteiger partial charge in [0.05, 0.1) is 0 Å². The first-order valence-corrected chi connectivity index (χ1v) is 9.01. The monoisotopic (exact) mass is 366 g/mol. The lowest BCUT2D eigenvalue weighted by molar-refractivity contribution is -0.136. The Morgan fingerprint density at radius 2 is 1.92 bits per heavy atom. The molecule has 0 radical (unpaired) electrons. The van der Waals surface area contributed by atoms with Crippen LogP contribution in [0.5, 0.6) is 0 Å². The molecule has 1 aliphatic rings. The van der Waals surface area contributed by atoms with Crippen LogP contribution in [0.4, 0.5) is 4.79 Å². The molecule has 1 aromatic carbocycles. The van der Waals surface area contributed by atoms with E-state index >= 15 is 0 Å². The minimum atomic E-state index is -0.499. The fourth-order valence-electron chi connectivity index (χ4n) is 2.93. The van der Waals surface area contributed by atoms with Gasteiger partial charge in [-0.05, 0) is 51.3 Å². The van der Waals surface area contributed by atoms with Crippen LogP contribution in [0.15, 0.2) is 24.3 Å². The zero-order chi connectivity index (χ0) is 18.6. The van der Waals surface area contributed by atoms with Gasteiger partial charge in [-0.15, -0.1) is 0 Å². The average Bonchev–Trinajstić information content (AvgIpc) is 2.52. The Bertz CT molecular complexity index is 619. The molecule has 2 amide bonds. The van der Waals surface area contributed by atoms with Crippen LogP contribution in [-0.4, -0.2) is 47.5 Å². The van der Waals surface area contributed by atoms with Crippen molar-refractivity contribution in [1.82, 2.24) is 9.80 Å². The molecule has 1 aromatic rings.